The van der Waals surface area contributed by atoms with Crippen molar-refractivity contribution in [2.24, 2.45) is 7.05 Å². The van der Waals surface area contributed by atoms with E-state index in [9.17, 15) is 4.79 Å². The van der Waals surface area contributed by atoms with Crippen LogP contribution in [0.25, 0.3) is 0 Å². The highest BCUT2D eigenvalue weighted by molar-refractivity contribution is 5.77. The van der Waals surface area contributed by atoms with Crippen LogP contribution in [0.2, 0.25) is 0 Å². The van der Waals surface area contributed by atoms with E-state index in [0.29, 0.717) is 13.2 Å². The molecule has 96 valence electrons. The average Bonchev–Trinajstić information content (AvgIpc) is 2.63. The maximum Gasteiger partial charge on any atom is 0.327 e. The van der Waals surface area contributed by atoms with Crippen molar-refractivity contribution in [3.8, 4) is 0 Å². The van der Waals surface area contributed by atoms with Gasteiger partial charge in [-0.25, -0.2) is 4.79 Å². The van der Waals surface area contributed by atoms with Gasteiger partial charge in [-0.1, -0.05) is 0 Å². The average molecular weight is 241 g/mol. The number of methoxy groups -OCH3 is 2. The molecule has 0 aromatic carbocycles. The number of esters is 1. The molecule has 1 N–H and O–H groups in total. The van der Waals surface area contributed by atoms with Gasteiger partial charge in [0.15, 0.2) is 0 Å². The van der Waals surface area contributed by atoms with Gasteiger partial charge in [0.05, 0.1) is 19.4 Å². The lowest BCUT2D eigenvalue weighted by molar-refractivity contribution is -0.143. The standard InChI is InChI=1S/C11H19N3O3/c1-8-9(7-14(2)13-8)10(11(15)17-4)12-5-6-16-3/h7,10,12H,5-6H2,1-4H3. The van der Waals surface area contributed by atoms with Crippen molar-refractivity contribution in [3.05, 3.63) is 17.5 Å². The Balaban J connectivity index is 2.82. The Morgan fingerprint density at radius 2 is 2.29 bits per heavy atom. The summed E-state index contributed by atoms with van der Waals surface area (Å²) in [6, 6.07) is -0.496. The quantitative estimate of drug-likeness (QED) is 0.568. The fourth-order valence-electron chi connectivity index (χ4n) is 1.64. The van der Waals surface area contributed by atoms with Gasteiger partial charge in [-0.15, -0.1) is 0 Å². The van der Waals surface area contributed by atoms with Crippen LogP contribution >= 0.6 is 0 Å². The van der Waals surface area contributed by atoms with Crippen molar-refractivity contribution in [2.45, 2.75) is 13.0 Å². The van der Waals surface area contributed by atoms with Gasteiger partial charge in [0.1, 0.15) is 6.04 Å². The fraction of sp³-hybridized carbons (Fsp3) is 0.636. The van der Waals surface area contributed by atoms with Crippen molar-refractivity contribution < 1.29 is 14.3 Å². The summed E-state index contributed by atoms with van der Waals surface area (Å²) in [4.78, 5) is 11.7. The molecule has 1 atom stereocenters. The molecule has 0 spiro atoms. The molecule has 1 aromatic heterocycles. The summed E-state index contributed by atoms with van der Waals surface area (Å²) in [6.07, 6.45) is 1.82. The summed E-state index contributed by atoms with van der Waals surface area (Å²) in [5.74, 6) is -0.322. The molecule has 6 heteroatoms. The van der Waals surface area contributed by atoms with Crippen LogP contribution in [0, 0.1) is 6.92 Å². The second kappa shape index (κ2) is 6.36. The second-order valence-corrected chi connectivity index (χ2v) is 3.75. The summed E-state index contributed by atoms with van der Waals surface area (Å²) in [5.41, 5.74) is 1.64. The van der Waals surface area contributed by atoms with Gasteiger partial charge in [-0.2, -0.15) is 5.10 Å². The predicted octanol–water partition coefficient (Wildman–Crippen LogP) is 0.179. The van der Waals surface area contributed by atoms with Crippen LogP contribution in [-0.2, 0) is 21.3 Å². The molecule has 0 aliphatic carbocycles. The molecule has 1 rings (SSSR count). The number of carbonyl (C=O) groups excluding carboxylic acids is 1. The summed E-state index contributed by atoms with van der Waals surface area (Å²) >= 11 is 0. The maximum atomic E-state index is 11.7. The molecule has 1 heterocycles. The first-order chi connectivity index (χ1) is 8.10. The topological polar surface area (TPSA) is 65.4 Å². The molecule has 0 bridgehead atoms. The molecule has 0 amide bonds. The molecule has 1 unspecified atom stereocenters. The number of nitrogens with zero attached hydrogens (tertiary/aromatic N) is 2. The monoisotopic (exact) mass is 241 g/mol. The van der Waals surface area contributed by atoms with E-state index in [1.165, 1.54) is 7.11 Å². The lowest BCUT2D eigenvalue weighted by Gasteiger charge is -2.15. The van der Waals surface area contributed by atoms with E-state index in [-0.39, 0.29) is 5.97 Å². The van der Waals surface area contributed by atoms with Crippen LogP contribution in [0.15, 0.2) is 6.20 Å². The maximum absolute atomic E-state index is 11.7. The van der Waals surface area contributed by atoms with Crippen molar-refractivity contribution in [2.75, 3.05) is 27.4 Å². The van der Waals surface area contributed by atoms with E-state index in [2.05, 4.69) is 10.4 Å². The lowest BCUT2D eigenvalue weighted by Crippen LogP contribution is -2.32. The van der Waals surface area contributed by atoms with Crippen molar-refractivity contribution in [1.82, 2.24) is 15.1 Å². The van der Waals surface area contributed by atoms with Gasteiger partial charge in [0.25, 0.3) is 0 Å². The summed E-state index contributed by atoms with van der Waals surface area (Å²) in [5, 5.41) is 7.30. The van der Waals surface area contributed by atoms with E-state index < -0.39 is 6.04 Å². The van der Waals surface area contributed by atoms with Gasteiger partial charge in [-0.05, 0) is 6.92 Å². The minimum Gasteiger partial charge on any atom is -0.468 e. The molecular weight excluding hydrogens is 222 g/mol. The number of ether oxygens (including phenoxy) is 2. The van der Waals surface area contributed by atoms with Gasteiger partial charge in [0.2, 0.25) is 0 Å². The van der Waals surface area contributed by atoms with Crippen LogP contribution in [0.1, 0.15) is 17.3 Å². The molecule has 0 radical (unpaired) electrons. The Hall–Kier alpha value is -1.40. The van der Waals surface area contributed by atoms with Crippen LogP contribution in [0.3, 0.4) is 0 Å². The zero-order valence-electron chi connectivity index (χ0n) is 10.7. The number of hydrogen-bond donors (Lipinski definition) is 1. The van der Waals surface area contributed by atoms with Crippen LogP contribution in [0.4, 0.5) is 0 Å². The first-order valence-electron chi connectivity index (χ1n) is 5.40. The van der Waals surface area contributed by atoms with E-state index >= 15 is 0 Å². The third kappa shape index (κ3) is 3.54. The highest BCUT2D eigenvalue weighted by Crippen LogP contribution is 2.17. The minimum atomic E-state index is -0.496. The number of carbonyl (C=O) groups is 1. The highest BCUT2D eigenvalue weighted by atomic mass is 16.5. The summed E-state index contributed by atoms with van der Waals surface area (Å²) < 4.78 is 11.4. The van der Waals surface area contributed by atoms with E-state index in [0.717, 1.165) is 11.3 Å². The molecule has 17 heavy (non-hydrogen) atoms. The molecule has 0 aliphatic heterocycles. The number of aryl methyl sites for hydroxylation is 2. The normalized spacial score (nSPS) is 12.5. The zero-order chi connectivity index (χ0) is 12.8. The van der Waals surface area contributed by atoms with E-state index in [4.69, 9.17) is 9.47 Å². The Bertz CT molecular complexity index is 376. The Morgan fingerprint density at radius 1 is 1.59 bits per heavy atom. The van der Waals surface area contributed by atoms with Crippen molar-refractivity contribution >= 4 is 5.97 Å². The van der Waals surface area contributed by atoms with Crippen LogP contribution < -0.4 is 5.32 Å². The Labute approximate surface area is 101 Å². The predicted molar refractivity (Wildman–Crippen MR) is 62.6 cm³/mol. The van der Waals surface area contributed by atoms with E-state index in [1.807, 2.05) is 20.2 Å². The van der Waals surface area contributed by atoms with Crippen molar-refractivity contribution in [1.29, 1.82) is 0 Å². The third-order valence-corrected chi connectivity index (χ3v) is 2.45. The fourth-order valence-corrected chi connectivity index (χ4v) is 1.64. The Kier molecular flexibility index (Phi) is 5.11. The lowest BCUT2D eigenvalue weighted by atomic mass is 10.1. The Morgan fingerprint density at radius 3 is 2.76 bits per heavy atom. The molecule has 0 saturated carbocycles. The molecule has 1 aromatic rings. The van der Waals surface area contributed by atoms with Gasteiger partial charge in [0, 0.05) is 32.5 Å². The zero-order valence-corrected chi connectivity index (χ0v) is 10.7. The van der Waals surface area contributed by atoms with Gasteiger partial charge >= 0.3 is 5.97 Å². The van der Waals surface area contributed by atoms with Crippen molar-refractivity contribution in [3.63, 3.8) is 0 Å². The van der Waals surface area contributed by atoms with E-state index in [1.54, 1.807) is 11.8 Å². The smallest absolute Gasteiger partial charge is 0.327 e. The van der Waals surface area contributed by atoms with Gasteiger partial charge in [-0.3, -0.25) is 10.00 Å². The molecule has 6 nitrogen and oxygen atoms in total. The van der Waals surface area contributed by atoms with Crippen LogP contribution in [-0.4, -0.2) is 43.1 Å². The highest BCUT2D eigenvalue weighted by Gasteiger charge is 2.24. The molecular formula is C11H19N3O3. The molecule has 0 fully saturated rings. The second-order valence-electron chi connectivity index (χ2n) is 3.75. The first kappa shape index (κ1) is 13.7. The number of nitrogens with one attached hydrogen (secondary N) is 1. The third-order valence-electron chi connectivity index (χ3n) is 2.45. The number of hydrogen-bond acceptors (Lipinski definition) is 5. The number of rotatable bonds is 6. The first-order valence-corrected chi connectivity index (χ1v) is 5.40. The summed E-state index contributed by atoms with van der Waals surface area (Å²) in [7, 11) is 4.81. The largest absolute Gasteiger partial charge is 0.468 e. The SMILES string of the molecule is COCCNC(C(=O)OC)c1cn(C)nc1C. The minimum absolute atomic E-state index is 0.322. The molecule has 0 saturated heterocycles. The molecule has 0 aliphatic rings. The van der Waals surface area contributed by atoms with Crippen LogP contribution in [0.5, 0.6) is 0 Å². The number of aromatic nitrogens is 2. The van der Waals surface area contributed by atoms with Gasteiger partial charge < -0.3 is 9.47 Å². The summed E-state index contributed by atoms with van der Waals surface area (Å²) in [6.45, 7) is 2.97.